The second kappa shape index (κ2) is 8.99. The van der Waals surface area contributed by atoms with Crippen LogP contribution in [0.1, 0.15) is 62.4 Å². The molecule has 0 saturated heterocycles. The zero-order valence-corrected chi connectivity index (χ0v) is 19.2. The molecule has 0 radical (unpaired) electrons. The second-order valence-electron chi connectivity index (χ2n) is 8.82. The van der Waals surface area contributed by atoms with Crippen molar-refractivity contribution < 1.29 is 4.79 Å². The monoisotopic (exact) mass is 429 g/mol. The van der Waals surface area contributed by atoms with E-state index in [1.54, 1.807) is 0 Å². The Morgan fingerprint density at radius 2 is 1.69 bits per heavy atom. The Morgan fingerprint density at radius 1 is 1.03 bits per heavy atom. The zero-order chi connectivity index (χ0) is 22.8. The van der Waals surface area contributed by atoms with Gasteiger partial charge in [-0.3, -0.25) is 9.36 Å². The van der Waals surface area contributed by atoms with Gasteiger partial charge >= 0.3 is 0 Å². The van der Waals surface area contributed by atoms with Crippen LogP contribution in [0.4, 0.5) is 5.82 Å². The number of anilines is 1. The molecule has 0 aliphatic carbocycles. The van der Waals surface area contributed by atoms with Gasteiger partial charge in [-0.25, -0.2) is 9.97 Å². The van der Waals surface area contributed by atoms with Crippen molar-refractivity contribution in [1.82, 2.24) is 19.9 Å². The number of nitrogens with zero attached hydrogens (tertiary/aromatic N) is 3. The fraction of sp³-hybridized carbons (Fsp3) is 0.346. The number of benzene rings is 2. The van der Waals surface area contributed by atoms with Crippen LogP contribution in [0.2, 0.25) is 0 Å². The number of carbonyl (C=O) groups is 1. The summed E-state index contributed by atoms with van der Waals surface area (Å²) in [5.74, 6) is 1.12. The highest BCUT2D eigenvalue weighted by Crippen LogP contribution is 2.31. The van der Waals surface area contributed by atoms with E-state index in [1.807, 2.05) is 41.0 Å². The van der Waals surface area contributed by atoms with Crippen molar-refractivity contribution >= 4 is 33.9 Å². The first-order chi connectivity index (χ1) is 15.4. The molecule has 166 valence electrons. The van der Waals surface area contributed by atoms with Crippen LogP contribution >= 0.6 is 0 Å². The Hall–Kier alpha value is -3.41. The van der Waals surface area contributed by atoms with Gasteiger partial charge in [-0.2, -0.15) is 0 Å². The third-order valence-electron chi connectivity index (χ3n) is 6.06. The highest BCUT2D eigenvalue weighted by atomic mass is 16.1. The minimum absolute atomic E-state index is 0.215. The molecule has 6 nitrogen and oxygen atoms in total. The summed E-state index contributed by atoms with van der Waals surface area (Å²) in [5.41, 5.74) is 11.7. The molecule has 2 aromatic heterocycles. The normalized spacial score (nSPS) is 12.5. The van der Waals surface area contributed by atoms with Crippen LogP contribution in [0.15, 0.2) is 48.5 Å². The van der Waals surface area contributed by atoms with Gasteiger partial charge in [0, 0.05) is 12.2 Å². The molecule has 2 aromatic carbocycles. The molecule has 0 aliphatic rings. The minimum Gasteiger partial charge on any atom is -0.384 e. The maximum absolute atomic E-state index is 13.2. The summed E-state index contributed by atoms with van der Waals surface area (Å²) in [4.78, 5) is 22.8. The molecule has 1 unspecified atom stereocenters. The molecular weight excluding hydrogens is 398 g/mol. The maximum Gasteiger partial charge on any atom is 0.257 e. The van der Waals surface area contributed by atoms with Crippen LogP contribution in [0.3, 0.4) is 0 Å². The quantitative estimate of drug-likeness (QED) is 0.409. The van der Waals surface area contributed by atoms with Gasteiger partial charge in [-0.1, -0.05) is 52.0 Å². The van der Waals surface area contributed by atoms with Crippen LogP contribution in [0, 0.1) is 5.92 Å². The van der Waals surface area contributed by atoms with Crippen LogP contribution < -0.4 is 11.1 Å². The summed E-state index contributed by atoms with van der Waals surface area (Å²) in [6, 6.07) is 16.0. The Kier molecular flexibility index (Phi) is 6.12. The molecule has 0 aliphatic heterocycles. The van der Waals surface area contributed by atoms with Gasteiger partial charge in [0.15, 0.2) is 5.65 Å². The number of nitrogen functional groups attached to an aromatic ring is 1. The third kappa shape index (κ3) is 4.05. The molecule has 1 amide bonds. The highest BCUT2D eigenvalue weighted by molar-refractivity contribution is 6.11. The average Bonchev–Trinajstić information content (AvgIpc) is 3.07. The molecule has 0 fully saturated rings. The number of para-hydroxylation sites is 2. The van der Waals surface area contributed by atoms with Gasteiger partial charge in [0.1, 0.15) is 16.9 Å². The van der Waals surface area contributed by atoms with Crippen molar-refractivity contribution in [3.8, 4) is 5.69 Å². The maximum atomic E-state index is 13.2. The van der Waals surface area contributed by atoms with Crippen LogP contribution in [0.25, 0.3) is 27.9 Å². The Bertz CT molecular complexity index is 1260. The molecule has 2 heterocycles. The Morgan fingerprint density at radius 3 is 2.31 bits per heavy atom. The van der Waals surface area contributed by atoms with Gasteiger partial charge in [-0.15, -0.1) is 0 Å². The lowest BCUT2D eigenvalue weighted by Crippen LogP contribution is -2.26. The number of hydrogen-bond acceptors (Lipinski definition) is 4. The van der Waals surface area contributed by atoms with E-state index in [0.717, 1.165) is 29.6 Å². The topological polar surface area (TPSA) is 85.8 Å². The molecule has 4 rings (SSSR count). The first-order valence-electron chi connectivity index (χ1n) is 11.4. The summed E-state index contributed by atoms with van der Waals surface area (Å²) in [7, 11) is 0. The number of fused-ring (bicyclic) bond motifs is 2. The SMILES string of the molecule is CCC(C)c1ccc(-n2c(N)c(C(=O)NCCC(C)C)c3nc4ccccc4nc32)cc1. The van der Waals surface area contributed by atoms with E-state index in [-0.39, 0.29) is 5.91 Å². The fourth-order valence-electron chi connectivity index (χ4n) is 3.90. The van der Waals surface area contributed by atoms with Gasteiger partial charge in [0.2, 0.25) is 0 Å². The van der Waals surface area contributed by atoms with Gasteiger partial charge in [0.05, 0.1) is 11.0 Å². The van der Waals surface area contributed by atoms with Gasteiger partial charge < -0.3 is 11.1 Å². The smallest absolute Gasteiger partial charge is 0.257 e. The number of carbonyl (C=O) groups excluding carboxylic acids is 1. The summed E-state index contributed by atoms with van der Waals surface area (Å²) in [5, 5.41) is 3.01. The molecule has 1 atom stereocenters. The number of amides is 1. The molecule has 0 spiro atoms. The molecule has 0 bridgehead atoms. The lowest BCUT2D eigenvalue weighted by molar-refractivity contribution is 0.0954. The average molecular weight is 430 g/mol. The molecule has 32 heavy (non-hydrogen) atoms. The number of nitrogens with two attached hydrogens (primary N) is 1. The number of hydrogen-bond donors (Lipinski definition) is 2. The summed E-state index contributed by atoms with van der Waals surface area (Å²) in [6.07, 6.45) is 1.97. The van der Waals surface area contributed by atoms with Crippen molar-refractivity contribution in [2.75, 3.05) is 12.3 Å². The zero-order valence-electron chi connectivity index (χ0n) is 19.2. The highest BCUT2D eigenvalue weighted by Gasteiger charge is 2.24. The molecular formula is C26H31N5O. The largest absolute Gasteiger partial charge is 0.384 e. The van der Waals surface area contributed by atoms with E-state index in [1.165, 1.54) is 5.56 Å². The first kappa shape index (κ1) is 21.8. The van der Waals surface area contributed by atoms with E-state index in [2.05, 4.69) is 45.1 Å². The van der Waals surface area contributed by atoms with Crippen molar-refractivity contribution in [2.45, 2.75) is 46.5 Å². The number of rotatable bonds is 7. The lowest BCUT2D eigenvalue weighted by atomic mass is 9.99. The van der Waals surface area contributed by atoms with Crippen molar-refractivity contribution in [1.29, 1.82) is 0 Å². The van der Waals surface area contributed by atoms with E-state index in [4.69, 9.17) is 15.7 Å². The fourth-order valence-corrected chi connectivity index (χ4v) is 3.90. The molecule has 6 heteroatoms. The standard InChI is InChI=1S/C26H31N5O/c1-5-17(4)18-10-12-19(13-11-18)31-24(27)22(26(32)28-15-14-16(2)3)23-25(31)30-21-9-7-6-8-20(21)29-23/h6-13,16-17H,5,14-15,27H2,1-4H3,(H,28,32). The number of nitrogens with one attached hydrogen (secondary N) is 1. The summed E-state index contributed by atoms with van der Waals surface area (Å²) in [6.45, 7) is 9.25. The Balaban J connectivity index is 1.87. The Labute approximate surface area is 188 Å². The van der Waals surface area contributed by atoms with Gasteiger partial charge in [0.25, 0.3) is 5.91 Å². The minimum atomic E-state index is -0.215. The lowest BCUT2D eigenvalue weighted by Gasteiger charge is -2.12. The van der Waals surface area contributed by atoms with Crippen LogP contribution in [-0.2, 0) is 0 Å². The third-order valence-corrected chi connectivity index (χ3v) is 6.06. The van der Waals surface area contributed by atoms with Crippen molar-refractivity contribution in [3.05, 3.63) is 59.7 Å². The molecule has 0 saturated carbocycles. The van der Waals surface area contributed by atoms with E-state index < -0.39 is 0 Å². The van der Waals surface area contributed by atoms with Crippen LogP contribution in [-0.4, -0.2) is 27.0 Å². The van der Waals surface area contributed by atoms with Crippen molar-refractivity contribution in [3.63, 3.8) is 0 Å². The molecule has 4 aromatic rings. The summed E-state index contributed by atoms with van der Waals surface area (Å²) >= 11 is 0. The van der Waals surface area contributed by atoms with Gasteiger partial charge in [-0.05, 0) is 54.5 Å². The van der Waals surface area contributed by atoms with E-state index in [0.29, 0.717) is 40.9 Å². The van der Waals surface area contributed by atoms with E-state index >= 15 is 0 Å². The summed E-state index contributed by atoms with van der Waals surface area (Å²) < 4.78 is 1.84. The molecule has 3 N–H and O–H groups in total. The van der Waals surface area contributed by atoms with Crippen molar-refractivity contribution in [2.24, 2.45) is 5.92 Å². The van der Waals surface area contributed by atoms with E-state index in [9.17, 15) is 4.79 Å². The van der Waals surface area contributed by atoms with Crippen LogP contribution in [0.5, 0.6) is 0 Å². The second-order valence-corrected chi connectivity index (χ2v) is 8.82. The first-order valence-corrected chi connectivity index (χ1v) is 11.4. The predicted octanol–water partition coefficient (Wildman–Crippen LogP) is 5.45. The predicted molar refractivity (Wildman–Crippen MR) is 131 cm³/mol. The number of aromatic nitrogens is 3.